The molecule has 19 heavy (non-hydrogen) atoms. The van der Waals surface area contributed by atoms with E-state index in [0.717, 1.165) is 28.1 Å². The van der Waals surface area contributed by atoms with Crippen molar-refractivity contribution in [1.29, 1.82) is 0 Å². The summed E-state index contributed by atoms with van der Waals surface area (Å²) < 4.78 is 0. The molecular formula is C14H14N2O2S. The van der Waals surface area contributed by atoms with Gasteiger partial charge in [-0.25, -0.2) is 0 Å². The van der Waals surface area contributed by atoms with E-state index in [2.05, 4.69) is 10.6 Å². The van der Waals surface area contributed by atoms with Crippen molar-refractivity contribution in [2.24, 2.45) is 0 Å². The lowest BCUT2D eigenvalue weighted by Gasteiger charge is -2.12. The number of anilines is 1. The molecule has 1 aliphatic rings. The zero-order valence-corrected chi connectivity index (χ0v) is 11.0. The molecule has 0 saturated carbocycles. The van der Waals surface area contributed by atoms with Crippen molar-refractivity contribution < 1.29 is 9.90 Å². The predicted octanol–water partition coefficient (Wildman–Crippen LogP) is 2.15. The Hall–Kier alpha value is -1.72. The summed E-state index contributed by atoms with van der Waals surface area (Å²) in [5.74, 6) is 1.81. The normalized spacial score (nSPS) is 18.6. The van der Waals surface area contributed by atoms with Crippen molar-refractivity contribution >= 4 is 34.1 Å². The monoisotopic (exact) mass is 274 g/mol. The molecule has 1 fully saturated rings. The van der Waals surface area contributed by atoms with Crippen molar-refractivity contribution in [1.82, 2.24) is 5.32 Å². The number of benzene rings is 2. The van der Waals surface area contributed by atoms with Crippen LogP contribution in [0, 0.1) is 0 Å². The van der Waals surface area contributed by atoms with Crippen LogP contribution >= 0.6 is 11.8 Å². The Morgan fingerprint density at radius 1 is 1.26 bits per heavy atom. The molecule has 3 rings (SSSR count). The first-order chi connectivity index (χ1) is 9.25. The molecule has 2 aromatic rings. The minimum atomic E-state index is -0.141. The van der Waals surface area contributed by atoms with E-state index in [-0.39, 0.29) is 17.7 Å². The van der Waals surface area contributed by atoms with Crippen molar-refractivity contribution in [2.45, 2.75) is 6.04 Å². The lowest BCUT2D eigenvalue weighted by molar-refractivity contribution is -0.117. The molecule has 0 spiro atoms. The maximum atomic E-state index is 12.1. The Balaban J connectivity index is 1.92. The number of aromatic hydroxyl groups is 1. The van der Waals surface area contributed by atoms with Gasteiger partial charge in [0, 0.05) is 28.1 Å². The van der Waals surface area contributed by atoms with Crippen molar-refractivity contribution in [3.63, 3.8) is 0 Å². The number of rotatable bonds is 2. The van der Waals surface area contributed by atoms with E-state index in [4.69, 9.17) is 0 Å². The summed E-state index contributed by atoms with van der Waals surface area (Å²) >= 11 is 1.72. The molecule has 0 aliphatic carbocycles. The highest BCUT2D eigenvalue weighted by atomic mass is 32.2. The Morgan fingerprint density at radius 3 is 2.84 bits per heavy atom. The van der Waals surface area contributed by atoms with Crippen molar-refractivity contribution in [3.05, 3.63) is 36.4 Å². The van der Waals surface area contributed by atoms with Gasteiger partial charge in [0.15, 0.2) is 0 Å². The maximum Gasteiger partial charge on any atom is 0.242 e. The molecule has 2 aromatic carbocycles. The van der Waals surface area contributed by atoms with Crippen molar-refractivity contribution in [3.8, 4) is 5.75 Å². The van der Waals surface area contributed by atoms with Crippen molar-refractivity contribution in [2.75, 3.05) is 16.9 Å². The predicted molar refractivity (Wildman–Crippen MR) is 78.5 cm³/mol. The number of hydrogen-bond donors (Lipinski definition) is 3. The fraction of sp³-hybridized carbons (Fsp3) is 0.214. The molecule has 1 unspecified atom stereocenters. The van der Waals surface area contributed by atoms with Gasteiger partial charge in [-0.2, -0.15) is 0 Å². The topological polar surface area (TPSA) is 61.4 Å². The molecule has 1 amide bonds. The summed E-state index contributed by atoms with van der Waals surface area (Å²) in [5, 5.41) is 17.5. The highest BCUT2D eigenvalue weighted by Gasteiger charge is 2.22. The molecule has 1 atom stereocenters. The third-order valence-corrected chi connectivity index (χ3v) is 4.13. The first-order valence-corrected chi connectivity index (χ1v) is 7.24. The smallest absolute Gasteiger partial charge is 0.242 e. The van der Waals surface area contributed by atoms with Crippen LogP contribution in [-0.4, -0.2) is 28.7 Å². The summed E-state index contributed by atoms with van der Waals surface area (Å²) in [7, 11) is 0. The molecule has 0 aromatic heterocycles. The summed E-state index contributed by atoms with van der Waals surface area (Å²) in [6.45, 7) is 0. The summed E-state index contributed by atoms with van der Waals surface area (Å²) in [6.07, 6.45) is 0. The maximum absolute atomic E-state index is 12.1. The van der Waals surface area contributed by atoms with Crippen LogP contribution in [0.2, 0.25) is 0 Å². The number of carbonyl (C=O) groups is 1. The van der Waals surface area contributed by atoms with E-state index in [0.29, 0.717) is 0 Å². The third kappa shape index (κ3) is 2.39. The second-order valence-electron chi connectivity index (χ2n) is 4.44. The number of carbonyl (C=O) groups excluding carboxylic acids is 1. The second-order valence-corrected chi connectivity index (χ2v) is 5.47. The van der Waals surface area contributed by atoms with Gasteiger partial charge >= 0.3 is 0 Å². The number of fused-ring (bicyclic) bond motifs is 1. The van der Waals surface area contributed by atoms with Gasteiger partial charge in [0.25, 0.3) is 0 Å². The Bertz CT molecular complexity index is 624. The second kappa shape index (κ2) is 5.11. The Labute approximate surface area is 115 Å². The average molecular weight is 274 g/mol. The zero-order chi connectivity index (χ0) is 13.2. The van der Waals surface area contributed by atoms with Crippen LogP contribution in [0.15, 0.2) is 36.4 Å². The van der Waals surface area contributed by atoms with Gasteiger partial charge in [0.1, 0.15) is 5.75 Å². The summed E-state index contributed by atoms with van der Waals surface area (Å²) in [6, 6.07) is 10.7. The highest BCUT2D eigenvalue weighted by molar-refractivity contribution is 7.99. The fourth-order valence-electron chi connectivity index (χ4n) is 2.19. The van der Waals surface area contributed by atoms with Crippen LogP contribution in [0.1, 0.15) is 0 Å². The molecule has 1 aliphatic heterocycles. The number of thioether (sulfide) groups is 1. The van der Waals surface area contributed by atoms with Crippen LogP contribution in [0.25, 0.3) is 10.8 Å². The molecule has 5 heteroatoms. The molecule has 0 bridgehead atoms. The van der Waals surface area contributed by atoms with E-state index >= 15 is 0 Å². The standard InChI is InChI=1S/C14H14N2O2S/c17-13-6-2-3-9-10(13)4-1-5-11(9)16-14(18)12-7-19-8-15-12/h1-6,12,15,17H,7-8H2,(H,16,18). The van der Waals surface area contributed by atoms with Crippen LogP contribution in [0.3, 0.4) is 0 Å². The molecule has 1 saturated heterocycles. The number of phenolic OH excluding ortho intramolecular Hbond substituents is 1. The zero-order valence-electron chi connectivity index (χ0n) is 10.2. The average Bonchev–Trinajstić information content (AvgIpc) is 2.94. The molecule has 3 N–H and O–H groups in total. The quantitative estimate of drug-likeness (QED) is 0.785. The van der Waals surface area contributed by atoms with Crippen LogP contribution in [-0.2, 0) is 4.79 Å². The van der Waals surface area contributed by atoms with Crippen LogP contribution in [0.4, 0.5) is 5.69 Å². The van der Waals surface area contributed by atoms with Gasteiger partial charge in [-0.05, 0) is 12.1 Å². The van der Waals surface area contributed by atoms with Crippen LogP contribution in [0.5, 0.6) is 5.75 Å². The van der Waals surface area contributed by atoms with E-state index in [1.165, 1.54) is 0 Å². The number of phenols is 1. The minimum absolute atomic E-state index is 0.0270. The first kappa shape index (κ1) is 12.3. The fourth-order valence-corrected chi connectivity index (χ4v) is 3.13. The molecular weight excluding hydrogens is 260 g/mol. The van der Waals surface area contributed by atoms with E-state index in [1.807, 2.05) is 24.3 Å². The SMILES string of the molecule is O=C(Nc1cccc2c(O)cccc12)C1CSCN1. The van der Waals surface area contributed by atoms with E-state index in [9.17, 15) is 9.90 Å². The number of nitrogens with one attached hydrogen (secondary N) is 2. The van der Waals surface area contributed by atoms with Crippen LogP contribution < -0.4 is 10.6 Å². The molecule has 98 valence electrons. The minimum Gasteiger partial charge on any atom is -0.507 e. The van der Waals surface area contributed by atoms with Gasteiger partial charge < -0.3 is 10.4 Å². The Morgan fingerprint density at radius 2 is 2.05 bits per heavy atom. The Kier molecular flexibility index (Phi) is 3.31. The van der Waals surface area contributed by atoms with E-state index < -0.39 is 0 Å². The molecule has 0 radical (unpaired) electrons. The highest BCUT2D eigenvalue weighted by Crippen LogP contribution is 2.30. The van der Waals surface area contributed by atoms with E-state index in [1.54, 1.807) is 23.9 Å². The summed E-state index contributed by atoms with van der Waals surface area (Å²) in [4.78, 5) is 12.1. The lowest BCUT2D eigenvalue weighted by Crippen LogP contribution is -2.37. The largest absolute Gasteiger partial charge is 0.507 e. The van der Waals surface area contributed by atoms with Gasteiger partial charge in [0.05, 0.1) is 6.04 Å². The molecule has 4 nitrogen and oxygen atoms in total. The lowest BCUT2D eigenvalue weighted by atomic mass is 10.1. The number of amides is 1. The third-order valence-electron chi connectivity index (χ3n) is 3.19. The number of hydrogen-bond acceptors (Lipinski definition) is 4. The molecule has 1 heterocycles. The first-order valence-electron chi connectivity index (χ1n) is 6.08. The van der Waals surface area contributed by atoms with Gasteiger partial charge in [-0.3, -0.25) is 10.1 Å². The summed E-state index contributed by atoms with van der Waals surface area (Å²) in [5.41, 5.74) is 0.733. The van der Waals surface area contributed by atoms with Gasteiger partial charge in [-0.15, -0.1) is 11.8 Å². The van der Waals surface area contributed by atoms with Gasteiger partial charge in [0.2, 0.25) is 5.91 Å². The van der Waals surface area contributed by atoms with Gasteiger partial charge in [-0.1, -0.05) is 24.3 Å².